The van der Waals surface area contributed by atoms with E-state index < -0.39 is 17.1 Å². The third-order valence-electron chi connectivity index (χ3n) is 7.25. The van der Waals surface area contributed by atoms with Crippen LogP contribution in [0.25, 0.3) is 11.0 Å². The number of benzene rings is 1. The molecule has 0 saturated carbocycles. The van der Waals surface area contributed by atoms with Crippen molar-refractivity contribution in [2.45, 2.75) is 122 Å². The molecule has 0 aliphatic carbocycles. The fraction of sp³-hybridized carbons (Fsp3) is 0.700. The first kappa shape index (κ1) is 34.2. The van der Waals surface area contributed by atoms with Gasteiger partial charge in [-0.25, -0.2) is 4.63 Å². The molecule has 0 fully saturated rings. The predicted molar refractivity (Wildman–Crippen MR) is 161 cm³/mol. The van der Waals surface area contributed by atoms with E-state index in [-0.39, 0.29) is 23.7 Å². The Labute approximate surface area is 243 Å². The van der Waals surface area contributed by atoms with Gasteiger partial charge in [0.25, 0.3) is 0 Å². The van der Waals surface area contributed by atoms with Gasteiger partial charge < -0.3 is 20.8 Å². The zero-order valence-corrected chi connectivity index (χ0v) is 24.6. The second-order valence-electron chi connectivity index (χ2n) is 10.7. The van der Waals surface area contributed by atoms with Crippen molar-refractivity contribution in [2.75, 3.05) is 18.5 Å². The van der Waals surface area contributed by atoms with Crippen molar-refractivity contribution >= 4 is 28.3 Å². The van der Waals surface area contributed by atoms with E-state index in [1.54, 1.807) is 12.1 Å². The van der Waals surface area contributed by atoms with Gasteiger partial charge in [-0.3, -0.25) is 14.9 Å². The molecule has 0 bridgehead atoms. The second-order valence-corrected chi connectivity index (χ2v) is 10.7. The van der Waals surface area contributed by atoms with Gasteiger partial charge in [0.2, 0.25) is 11.4 Å². The normalized spacial score (nSPS) is 13.0. The molecule has 0 saturated heterocycles. The van der Waals surface area contributed by atoms with Crippen molar-refractivity contribution in [1.29, 1.82) is 0 Å². The highest BCUT2D eigenvalue weighted by atomic mass is 16.6. The zero-order valence-electron chi connectivity index (χ0n) is 24.6. The first-order valence-electron chi connectivity index (χ1n) is 15.4. The Morgan fingerprint density at radius 3 is 2.27 bits per heavy atom. The summed E-state index contributed by atoms with van der Waals surface area (Å²) in [4.78, 5) is 22.9. The first-order valence-corrected chi connectivity index (χ1v) is 15.4. The summed E-state index contributed by atoms with van der Waals surface area (Å²) in [5.74, 6) is -0.208. The third kappa shape index (κ3) is 13.4. The van der Waals surface area contributed by atoms with Crippen molar-refractivity contribution in [3.8, 4) is 0 Å². The predicted octanol–water partition coefficient (Wildman–Crippen LogP) is 6.20. The Kier molecular flexibility index (Phi) is 17.3. The van der Waals surface area contributed by atoms with Crippen LogP contribution in [0.15, 0.2) is 28.9 Å². The van der Waals surface area contributed by atoms with Crippen LogP contribution in [-0.4, -0.2) is 56.7 Å². The molecule has 1 aromatic carbocycles. The molecule has 11 heteroatoms. The Bertz CT molecular complexity index is 1040. The number of non-ortho nitro benzene ring substituents is 1. The molecule has 1 heterocycles. The number of unbranched alkanes of at least 4 members (excludes halogenated alkanes) is 13. The van der Waals surface area contributed by atoms with Gasteiger partial charge in [-0.2, -0.15) is 0 Å². The van der Waals surface area contributed by atoms with E-state index in [9.17, 15) is 25.1 Å². The maximum Gasteiger partial charge on any atom is 0.300 e. The fourth-order valence-corrected chi connectivity index (χ4v) is 4.77. The summed E-state index contributed by atoms with van der Waals surface area (Å²) >= 11 is 0. The van der Waals surface area contributed by atoms with E-state index in [0.717, 1.165) is 25.7 Å². The number of rotatable bonds is 24. The lowest BCUT2D eigenvalue weighted by molar-refractivity contribution is -0.383. The summed E-state index contributed by atoms with van der Waals surface area (Å²) < 4.78 is 4.66. The van der Waals surface area contributed by atoms with E-state index in [0.29, 0.717) is 30.6 Å². The van der Waals surface area contributed by atoms with Gasteiger partial charge >= 0.3 is 5.69 Å². The molecule has 0 radical (unpaired) electrons. The molecule has 4 N–H and O–H groups in total. The van der Waals surface area contributed by atoms with Gasteiger partial charge in [-0.1, -0.05) is 89.7 Å². The molecule has 230 valence electrons. The number of carbonyl (C=O) groups excluding carboxylic acids is 1. The molecular weight excluding hydrogens is 526 g/mol. The van der Waals surface area contributed by atoms with E-state index in [1.807, 2.05) is 6.08 Å². The van der Waals surface area contributed by atoms with Crippen LogP contribution in [0.1, 0.15) is 110 Å². The number of nitro groups is 1. The molecule has 2 rings (SSSR count). The van der Waals surface area contributed by atoms with Crippen molar-refractivity contribution < 1.29 is 24.6 Å². The molecule has 11 nitrogen and oxygen atoms in total. The van der Waals surface area contributed by atoms with Crippen LogP contribution in [0.2, 0.25) is 0 Å². The SMILES string of the molecule is CCCCCCCCCCCCC/C=C/C(O)C(CO)NC(=O)CCCCCNc1ccc([N+](=O)[O-])c2nonc12. The zero-order chi connectivity index (χ0) is 29.7. The average molecular weight is 576 g/mol. The van der Waals surface area contributed by atoms with Crippen molar-refractivity contribution in [3.05, 3.63) is 34.4 Å². The molecule has 0 aliphatic rings. The highest BCUT2D eigenvalue weighted by Crippen LogP contribution is 2.28. The average Bonchev–Trinajstić information content (AvgIpc) is 3.46. The molecule has 41 heavy (non-hydrogen) atoms. The maximum absolute atomic E-state index is 12.3. The number of amides is 1. The summed E-state index contributed by atoms with van der Waals surface area (Å²) in [5, 5.41) is 44.4. The van der Waals surface area contributed by atoms with Crippen LogP contribution in [0, 0.1) is 10.1 Å². The molecule has 2 aromatic rings. The second kappa shape index (κ2) is 20.8. The summed E-state index contributed by atoms with van der Waals surface area (Å²) in [6, 6.07) is 2.21. The summed E-state index contributed by atoms with van der Waals surface area (Å²) in [6.45, 7) is 2.50. The number of allylic oxidation sites excluding steroid dienone is 1. The van der Waals surface area contributed by atoms with Crippen LogP contribution in [0.4, 0.5) is 11.4 Å². The van der Waals surface area contributed by atoms with Gasteiger partial charge in [-0.05, 0) is 42.1 Å². The van der Waals surface area contributed by atoms with Crippen LogP contribution in [-0.2, 0) is 4.79 Å². The molecule has 1 aromatic heterocycles. The van der Waals surface area contributed by atoms with Gasteiger partial charge in [0.05, 0.1) is 29.4 Å². The van der Waals surface area contributed by atoms with E-state index in [4.69, 9.17) is 0 Å². The van der Waals surface area contributed by atoms with Gasteiger partial charge in [0, 0.05) is 19.0 Å². The molecule has 2 atom stereocenters. The topological polar surface area (TPSA) is 164 Å². The number of nitrogens with one attached hydrogen (secondary N) is 2. The quantitative estimate of drug-likeness (QED) is 0.0494. The minimum absolute atomic E-state index is 0.0984. The Morgan fingerprint density at radius 2 is 1.61 bits per heavy atom. The van der Waals surface area contributed by atoms with Crippen molar-refractivity contribution in [3.63, 3.8) is 0 Å². The largest absolute Gasteiger partial charge is 0.394 e. The minimum atomic E-state index is -0.926. The summed E-state index contributed by atoms with van der Waals surface area (Å²) in [7, 11) is 0. The number of nitro benzene ring substituents is 1. The van der Waals surface area contributed by atoms with E-state index in [2.05, 4.69) is 32.5 Å². The highest BCUT2D eigenvalue weighted by molar-refractivity contribution is 5.93. The monoisotopic (exact) mass is 575 g/mol. The Balaban J connectivity index is 1.52. The van der Waals surface area contributed by atoms with E-state index in [1.165, 1.54) is 70.3 Å². The van der Waals surface area contributed by atoms with Crippen LogP contribution >= 0.6 is 0 Å². The number of aromatic nitrogens is 2. The molecule has 0 aliphatic heterocycles. The number of anilines is 1. The first-order chi connectivity index (χ1) is 20.0. The maximum atomic E-state index is 12.3. The molecule has 1 amide bonds. The molecule has 0 spiro atoms. The third-order valence-corrected chi connectivity index (χ3v) is 7.25. The molecule has 2 unspecified atom stereocenters. The number of fused-ring (bicyclic) bond motifs is 1. The minimum Gasteiger partial charge on any atom is -0.394 e. The number of aliphatic hydroxyl groups excluding tert-OH is 2. The number of carbonyl (C=O) groups is 1. The lowest BCUT2D eigenvalue weighted by Gasteiger charge is -2.20. The number of nitrogens with zero attached hydrogens (tertiary/aromatic N) is 3. The van der Waals surface area contributed by atoms with E-state index >= 15 is 0 Å². The van der Waals surface area contributed by atoms with Crippen molar-refractivity contribution in [1.82, 2.24) is 15.6 Å². The number of hydrogen-bond acceptors (Lipinski definition) is 9. The fourth-order valence-electron chi connectivity index (χ4n) is 4.77. The van der Waals surface area contributed by atoms with Crippen LogP contribution in [0.5, 0.6) is 0 Å². The van der Waals surface area contributed by atoms with Gasteiger partial charge in [0.15, 0.2) is 5.52 Å². The van der Waals surface area contributed by atoms with Crippen LogP contribution in [0.3, 0.4) is 0 Å². The lowest BCUT2D eigenvalue weighted by atomic mass is 10.0. The summed E-state index contributed by atoms with van der Waals surface area (Å²) in [6.07, 6.45) is 20.3. The Morgan fingerprint density at radius 1 is 0.976 bits per heavy atom. The highest BCUT2D eigenvalue weighted by Gasteiger charge is 2.20. The Hall–Kier alpha value is -3.05. The standard InChI is InChI=1S/C30H49N5O6/c1-2-3-4-5-6-7-8-9-10-11-12-13-15-18-27(37)25(23-36)32-28(38)19-16-14-17-22-31-24-20-21-26(35(39)40)30-29(24)33-41-34-30/h15,18,20-21,25,27,31,36-37H,2-14,16-17,19,22-23H2,1H3,(H,32,38)/b18-15+. The van der Waals surface area contributed by atoms with Gasteiger partial charge in [-0.15, -0.1) is 0 Å². The lowest BCUT2D eigenvalue weighted by Crippen LogP contribution is -2.45. The van der Waals surface area contributed by atoms with Crippen molar-refractivity contribution in [2.24, 2.45) is 0 Å². The van der Waals surface area contributed by atoms with Crippen LogP contribution < -0.4 is 10.6 Å². The van der Waals surface area contributed by atoms with Gasteiger partial charge in [0.1, 0.15) is 0 Å². The number of aliphatic hydroxyl groups is 2. The molecular formula is C30H49N5O6. The number of hydrogen-bond donors (Lipinski definition) is 4. The smallest absolute Gasteiger partial charge is 0.300 e. The summed E-state index contributed by atoms with van der Waals surface area (Å²) in [5.41, 5.74) is 0.839.